The van der Waals surface area contributed by atoms with Crippen molar-refractivity contribution in [1.29, 1.82) is 0 Å². The van der Waals surface area contributed by atoms with Crippen molar-refractivity contribution >= 4 is 17.6 Å². The normalized spacial score (nSPS) is 28.1. The Morgan fingerprint density at radius 3 is 2.62 bits per heavy atom. The average Bonchev–Trinajstić information content (AvgIpc) is 3.12. The van der Waals surface area contributed by atoms with Gasteiger partial charge in [0, 0.05) is 18.0 Å². The molecule has 2 bridgehead atoms. The molecule has 2 saturated carbocycles. The topological polar surface area (TPSA) is 87.9 Å². The van der Waals surface area contributed by atoms with Gasteiger partial charge in [0.15, 0.2) is 11.6 Å². The lowest BCUT2D eigenvalue weighted by Gasteiger charge is -2.46. The first-order chi connectivity index (χ1) is 16.2. The van der Waals surface area contributed by atoms with Crippen LogP contribution in [0.2, 0.25) is 0 Å². The fraction of sp³-hybridized carbons (Fsp3) is 0.480. The molecule has 2 aromatic heterocycles. The Labute approximate surface area is 203 Å². The first-order valence-electron chi connectivity index (χ1n) is 11.5. The molecule has 0 spiro atoms. The van der Waals surface area contributed by atoms with Gasteiger partial charge in [-0.1, -0.05) is 19.9 Å². The van der Waals surface area contributed by atoms with Gasteiger partial charge in [0.25, 0.3) is 0 Å². The van der Waals surface area contributed by atoms with Crippen LogP contribution in [-0.4, -0.2) is 56.0 Å². The minimum Gasteiger partial charge on any atom is -0.507 e. The highest BCUT2D eigenvalue weighted by Crippen LogP contribution is 2.59. The third kappa shape index (κ3) is 4.00. The molecule has 2 aliphatic rings. The minimum atomic E-state index is -0.916. The number of thioether (sulfide) groups is 1. The summed E-state index contributed by atoms with van der Waals surface area (Å²) in [6, 6.07) is 6.98. The Hall–Kier alpha value is -2.81. The first-order valence-corrected chi connectivity index (χ1v) is 12.7. The second-order valence-corrected chi connectivity index (χ2v) is 11.1. The van der Waals surface area contributed by atoms with Gasteiger partial charge in [-0.3, -0.25) is 0 Å². The molecule has 4 atom stereocenters. The van der Waals surface area contributed by atoms with Crippen LogP contribution in [0.5, 0.6) is 5.75 Å². The largest absolute Gasteiger partial charge is 0.507 e. The molecular formula is C25H29FN6OS. The molecular weight excluding hydrogens is 451 g/mol. The van der Waals surface area contributed by atoms with E-state index in [1.54, 1.807) is 24.5 Å². The van der Waals surface area contributed by atoms with Crippen molar-refractivity contribution in [1.82, 2.24) is 25.4 Å². The van der Waals surface area contributed by atoms with Crippen molar-refractivity contribution in [2.24, 2.45) is 10.8 Å². The summed E-state index contributed by atoms with van der Waals surface area (Å²) in [7, 11) is 1.87. The van der Waals surface area contributed by atoms with Gasteiger partial charge in [0.2, 0.25) is 0 Å². The van der Waals surface area contributed by atoms with Crippen molar-refractivity contribution in [3.8, 4) is 28.3 Å². The fourth-order valence-electron chi connectivity index (χ4n) is 5.78. The van der Waals surface area contributed by atoms with Crippen LogP contribution >= 0.6 is 11.8 Å². The molecule has 178 valence electrons. The van der Waals surface area contributed by atoms with Crippen molar-refractivity contribution in [2.45, 2.75) is 56.8 Å². The molecule has 0 aliphatic heterocycles. The fourth-order valence-corrected chi connectivity index (χ4v) is 6.16. The number of nitrogens with zero attached hydrogens (tertiary/aromatic N) is 6. The van der Waals surface area contributed by atoms with E-state index in [9.17, 15) is 5.11 Å². The quantitative estimate of drug-likeness (QED) is 0.501. The third-order valence-corrected chi connectivity index (χ3v) is 8.28. The third-order valence-electron chi connectivity index (χ3n) is 7.66. The lowest BCUT2D eigenvalue weighted by molar-refractivity contribution is 0.0380. The van der Waals surface area contributed by atoms with Gasteiger partial charge >= 0.3 is 0 Å². The van der Waals surface area contributed by atoms with E-state index in [1.165, 1.54) is 11.8 Å². The summed E-state index contributed by atoms with van der Waals surface area (Å²) in [4.78, 5) is 6.33. The van der Waals surface area contributed by atoms with Crippen LogP contribution in [0.15, 0.2) is 41.7 Å². The maximum absolute atomic E-state index is 15.5. The molecule has 0 saturated heterocycles. The highest BCUT2D eigenvalue weighted by Gasteiger charge is 2.56. The van der Waals surface area contributed by atoms with Gasteiger partial charge in [-0.15, -0.1) is 27.1 Å². The van der Waals surface area contributed by atoms with Gasteiger partial charge < -0.3 is 10.0 Å². The molecule has 9 heteroatoms. The second-order valence-electron chi connectivity index (χ2n) is 10.3. The van der Waals surface area contributed by atoms with Crippen LogP contribution in [-0.2, 0) is 0 Å². The van der Waals surface area contributed by atoms with Gasteiger partial charge in [0.1, 0.15) is 16.9 Å². The molecule has 2 heterocycles. The van der Waals surface area contributed by atoms with E-state index in [1.807, 2.05) is 30.3 Å². The number of halogens is 1. The molecule has 1 N–H and O–H groups in total. The van der Waals surface area contributed by atoms with E-state index in [4.69, 9.17) is 0 Å². The molecule has 0 amide bonds. The van der Waals surface area contributed by atoms with Crippen LogP contribution in [0.4, 0.5) is 10.2 Å². The number of phenolic OH excluding ortho intramolecular Hbond substituents is 1. The van der Waals surface area contributed by atoms with Crippen LogP contribution in [0.3, 0.4) is 0 Å². The van der Waals surface area contributed by atoms with Crippen LogP contribution in [0.1, 0.15) is 39.5 Å². The number of fused-ring (bicyclic) bond motifs is 2. The van der Waals surface area contributed by atoms with E-state index < -0.39 is 6.17 Å². The number of aromatic nitrogens is 5. The molecule has 34 heavy (non-hydrogen) atoms. The molecule has 3 aromatic rings. The van der Waals surface area contributed by atoms with E-state index in [2.05, 4.69) is 39.2 Å². The number of hydrogen-bond donors (Lipinski definition) is 1. The number of alkyl halides is 1. The van der Waals surface area contributed by atoms with Crippen LogP contribution < -0.4 is 4.90 Å². The zero-order valence-electron chi connectivity index (χ0n) is 19.9. The number of anilines is 1. The van der Waals surface area contributed by atoms with E-state index >= 15 is 4.39 Å². The van der Waals surface area contributed by atoms with Gasteiger partial charge in [-0.05, 0) is 61.1 Å². The SMILES string of the molecule is CSc1cc(-c2ccc(-c3ncc(N(C)[C@@H]4C[C@@]5(C)CC[C@](C)(C5)[C@@H]4F)nn3)c(O)c2)cnn1. The van der Waals surface area contributed by atoms with Gasteiger partial charge in [-0.2, -0.15) is 5.10 Å². The first kappa shape index (κ1) is 23.0. The van der Waals surface area contributed by atoms with Gasteiger partial charge in [-0.25, -0.2) is 9.37 Å². The number of benzene rings is 1. The minimum absolute atomic E-state index is 0.0523. The number of aromatic hydroxyl groups is 1. The van der Waals surface area contributed by atoms with Crippen molar-refractivity contribution in [2.75, 3.05) is 18.2 Å². The Bertz CT molecular complexity index is 1210. The Balaban J connectivity index is 1.37. The molecule has 2 fully saturated rings. The predicted octanol–water partition coefficient (Wildman–Crippen LogP) is 5.17. The van der Waals surface area contributed by atoms with Crippen molar-refractivity contribution in [3.63, 3.8) is 0 Å². The summed E-state index contributed by atoms with van der Waals surface area (Å²) in [5.74, 6) is 0.906. The molecule has 0 radical (unpaired) electrons. The summed E-state index contributed by atoms with van der Waals surface area (Å²) in [6.45, 7) is 4.35. The van der Waals surface area contributed by atoms with Crippen LogP contribution in [0.25, 0.3) is 22.5 Å². The molecule has 2 aliphatic carbocycles. The smallest absolute Gasteiger partial charge is 0.185 e. The lowest BCUT2D eigenvalue weighted by atomic mass is 9.67. The maximum atomic E-state index is 15.5. The number of phenols is 1. The maximum Gasteiger partial charge on any atom is 0.185 e. The molecule has 7 nitrogen and oxygen atoms in total. The second kappa shape index (κ2) is 8.45. The van der Waals surface area contributed by atoms with E-state index in [0.717, 1.165) is 41.8 Å². The lowest BCUT2D eigenvalue weighted by Crippen LogP contribution is -2.52. The molecule has 0 unspecified atom stereocenters. The van der Waals surface area contributed by atoms with Crippen LogP contribution in [0, 0.1) is 10.8 Å². The Morgan fingerprint density at radius 1 is 1.09 bits per heavy atom. The average molecular weight is 481 g/mol. The van der Waals surface area contributed by atoms with E-state index in [0.29, 0.717) is 17.2 Å². The predicted molar refractivity (Wildman–Crippen MR) is 132 cm³/mol. The van der Waals surface area contributed by atoms with Gasteiger partial charge in [0.05, 0.1) is 24.0 Å². The zero-order chi connectivity index (χ0) is 24.1. The highest BCUT2D eigenvalue weighted by molar-refractivity contribution is 7.98. The molecule has 1 aromatic carbocycles. The summed E-state index contributed by atoms with van der Waals surface area (Å²) in [5.41, 5.74) is 2.06. The zero-order valence-corrected chi connectivity index (χ0v) is 20.7. The monoisotopic (exact) mass is 480 g/mol. The number of rotatable bonds is 5. The standard InChI is InChI=1S/C25H29FN6OS/c1-24-7-8-25(2,14-24)22(26)18(11-24)32(3)20-13-27-23(31-29-20)17-6-5-15(9-19(17)33)16-10-21(34-4)30-28-12-16/h5-6,9-10,12-13,18,22,33H,7-8,11,14H2,1-4H3/t18-,22-,24-,25-/m1/s1. The van der Waals surface area contributed by atoms with Crippen molar-refractivity contribution < 1.29 is 9.50 Å². The Morgan fingerprint density at radius 2 is 1.91 bits per heavy atom. The van der Waals surface area contributed by atoms with E-state index in [-0.39, 0.29) is 22.6 Å². The summed E-state index contributed by atoms with van der Waals surface area (Å²) >= 11 is 1.51. The summed E-state index contributed by atoms with van der Waals surface area (Å²) in [5, 5.41) is 28.1. The summed E-state index contributed by atoms with van der Waals surface area (Å²) < 4.78 is 15.5. The summed E-state index contributed by atoms with van der Waals surface area (Å²) in [6.07, 6.45) is 8.04. The number of hydrogen-bond acceptors (Lipinski definition) is 8. The Kier molecular flexibility index (Phi) is 5.70. The molecule has 5 rings (SSSR count). The van der Waals surface area contributed by atoms with Crippen molar-refractivity contribution in [3.05, 3.63) is 36.7 Å². The highest BCUT2D eigenvalue weighted by atomic mass is 32.2.